The smallest absolute Gasteiger partial charge is 0.142 e. The molecule has 0 aliphatic carbocycles. The van der Waals surface area contributed by atoms with E-state index >= 15 is 0 Å². The van der Waals surface area contributed by atoms with Gasteiger partial charge in [0.1, 0.15) is 11.9 Å². The number of nitrogens with zero attached hydrogens (tertiary/aromatic N) is 1. The third-order valence-corrected chi connectivity index (χ3v) is 3.45. The summed E-state index contributed by atoms with van der Waals surface area (Å²) in [5.41, 5.74) is 7.84. The topological polar surface area (TPSA) is 50.5 Å². The number of aryl methyl sites for hydroxylation is 1. The molecule has 1 fully saturated rings. The fraction of sp³-hybridized carbons (Fsp3) is 0.571. The Morgan fingerprint density at radius 3 is 2.94 bits per heavy atom. The largest absolute Gasteiger partial charge is 0.487 e. The Balaban J connectivity index is 1.99. The number of benzene rings is 1. The molecular weight excluding hydrogens is 226 g/mol. The van der Waals surface area contributed by atoms with Crippen molar-refractivity contribution < 1.29 is 4.74 Å². The van der Waals surface area contributed by atoms with E-state index in [9.17, 15) is 0 Å². The summed E-state index contributed by atoms with van der Waals surface area (Å²) in [7, 11) is 2.14. The zero-order chi connectivity index (χ0) is 13.1. The number of hydrogen-bond donors (Lipinski definition) is 2. The monoisotopic (exact) mass is 249 g/mol. The maximum absolute atomic E-state index is 5.97. The van der Waals surface area contributed by atoms with Gasteiger partial charge in [0.2, 0.25) is 0 Å². The Morgan fingerprint density at radius 1 is 1.50 bits per heavy atom. The number of hydrogen-bond acceptors (Lipinski definition) is 4. The van der Waals surface area contributed by atoms with Crippen LogP contribution in [-0.4, -0.2) is 43.7 Å². The summed E-state index contributed by atoms with van der Waals surface area (Å²) < 4.78 is 5.97. The first-order valence-corrected chi connectivity index (χ1v) is 6.51. The molecule has 2 atom stereocenters. The van der Waals surface area contributed by atoms with Gasteiger partial charge < -0.3 is 20.7 Å². The molecule has 100 valence electrons. The molecule has 2 unspecified atom stereocenters. The fourth-order valence-corrected chi connectivity index (χ4v) is 2.30. The van der Waals surface area contributed by atoms with Gasteiger partial charge in [-0.15, -0.1) is 0 Å². The van der Waals surface area contributed by atoms with Crippen LogP contribution in [-0.2, 0) is 0 Å². The number of ether oxygens (including phenoxy) is 1. The van der Waals surface area contributed by atoms with E-state index in [1.165, 1.54) is 0 Å². The normalized spacial score (nSPS) is 22.7. The minimum atomic E-state index is 0.109. The van der Waals surface area contributed by atoms with Gasteiger partial charge in [-0.05, 0) is 38.6 Å². The first-order chi connectivity index (χ1) is 8.56. The molecule has 0 saturated carbocycles. The molecule has 0 radical (unpaired) electrons. The van der Waals surface area contributed by atoms with E-state index in [1.807, 2.05) is 25.1 Å². The summed E-state index contributed by atoms with van der Waals surface area (Å²) in [4.78, 5) is 2.32. The van der Waals surface area contributed by atoms with E-state index < -0.39 is 0 Å². The van der Waals surface area contributed by atoms with Crippen LogP contribution in [0.25, 0.3) is 0 Å². The number of piperazine rings is 1. The third-order valence-electron chi connectivity index (χ3n) is 3.45. The lowest BCUT2D eigenvalue weighted by molar-refractivity contribution is 0.121. The Kier molecular flexibility index (Phi) is 4.09. The summed E-state index contributed by atoms with van der Waals surface area (Å²) in [6.45, 7) is 7.23. The number of nitrogens with one attached hydrogen (secondary N) is 1. The van der Waals surface area contributed by atoms with E-state index in [1.54, 1.807) is 0 Å². The molecule has 0 amide bonds. The molecule has 4 heteroatoms. The van der Waals surface area contributed by atoms with Crippen LogP contribution in [0.5, 0.6) is 5.75 Å². The molecule has 1 saturated heterocycles. The highest BCUT2D eigenvalue weighted by atomic mass is 16.5. The van der Waals surface area contributed by atoms with Gasteiger partial charge in [-0.1, -0.05) is 6.07 Å². The summed E-state index contributed by atoms with van der Waals surface area (Å²) >= 11 is 0. The highest BCUT2D eigenvalue weighted by Gasteiger charge is 2.23. The number of likely N-dealkylation sites (N-methyl/N-ethyl adjacent to an activating group) is 1. The summed E-state index contributed by atoms with van der Waals surface area (Å²) in [5.74, 6) is 0.781. The second kappa shape index (κ2) is 5.59. The van der Waals surface area contributed by atoms with Gasteiger partial charge in [0.05, 0.1) is 11.7 Å². The van der Waals surface area contributed by atoms with E-state index in [0.717, 1.165) is 30.9 Å². The van der Waals surface area contributed by atoms with Gasteiger partial charge in [-0.25, -0.2) is 0 Å². The lowest BCUT2D eigenvalue weighted by atomic mass is 10.1. The van der Waals surface area contributed by atoms with Gasteiger partial charge >= 0.3 is 0 Å². The van der Waals surface area contributed by atoms with Gasteiger partial charge in [-0.2, -0.15) is 0 Å². The maximum Gasteiger partial charge on any atom is 0.142 e. The van der Waals surface area contributed by atoms with Crippen LogP contribution >= 0.6 is 0 Å². The van der Waals surface area contributed by atoms with Crippen molar-refractivity contribution in [2.75, 3.05) is 32.4 Å². The molecule has 0 aromatic heterocycles. The first-order valence-electron chi connectivity index (χ1n) is 6.51. The first kappa shape index (κ1) is 13.2. The van der Waals surface area contributed by atoms with E-state index in [-0.39, 0.29) is 6.10 Å². The zero-order valence-electron chi connectivity index (χ0n) is 11.4. The highest BCUT2D eigenvalue weighted by Crippen LogP contribution is 2.24. The van der Waals surface area contributed by atoms with Crippen LogP contribution in [0, 0.1) is 6.92 Å². The van der Waals surface area contributed by atoms with Crippen molar-refractivity contribution in [1.82, 2.24) is 10.2 Å². The van der Waals surface area contributed by atoms with Crippen LogP contribution in [0.2, 0.25) is 0 Å². The molecule has 1 aromatic carbocycles. The standard InChI is InChI=1S/C14H23N3O/c1-10-4-5-14(12(15)8-10)18-11(2)13-9-17(3)7-6-16-13/h4-5,8,11,13,16H,6-7,9,15H2,1-3H3. The lowest BCUT2D eigenvalue weighted by Crippen LogP contribution is -2.55. The zero-order valence-corrected chi connectivity index (χ0v) is 11.4. The fourth-order valence-electron chi connectivity index (χ4n) is 2.30. The molecule has 18 heavy (non-hydrogen) atoms. The van der Waals surface area contributed by atoms with Gasteiger partial charge in [0.25, 0.3) is 0 Å². The Hall–Kier alpha value is -1.26. The third kappa shape index (κ3) is 3.15. The van der Waals surface area contributed by atoms with Crippen molar-refractivity contribution in [3.05, 3.63) is 23.8 Å². The molecular formula is C14H23N3O. The lowest BCUT2D eigenvalue weighted by Gasteiger charge is -2.34. The van der Waals surface area contributed by atoms with Gasteiger partial charge in [0.15, 0.2) is 0 Å². The minimum absolute atomic E-state index is 0.109. The van der Waals surface area contributed by atoms with Crippen LogP contribution in [0.1, 0.15) is 12.5 Å². The van der Waals surface area contributed by atoms with Crippen molar-refractivity contribution in [2.45, 2.75) is 26.0 Å². The molecule has 1 aliphatic heterocycles. The molecule has 3 N–H and O–H groups in total. The number of nitrogen functional groups attached to an aromatic ring is 1. The number of anilines is 1. The Morgan fingerprint density at radius 2 is 2.28 bits per heavy atom. The van der Waals surface area contributed by atoms with Crippen molar-refractivity contribution in [1.29, 1.82) is 0 Å². The predicted molar refractivity (Wildman–Crippen MR) is 75.0 cm³/mol. The molecule has 1 aliphatic rings. The number of nitrogens with two attached hydrogens (primary N) is 1. The minimum Gasteiger partial charge on any atom is -0.487 e. The van der Waals surface area contributed by atoms with Gasteiger partial charge in [0, 0.05) is 19.6 Å². The second-order valence-electron chi connectivity index (χ2n) is 5.19. The van der Waals surface area contributed by atoms with Crippen LogP contribution in [0.4, 0.5) is 5.69 Å². The van der Waals surface area contributed by atoms with E-state index in [2.05, 4.69) is 24.2 Å². The van der Waals surface area contributed by atoms with Crippen molar-refractivity contribution >= 4 is 5.69 Å². The second-order valence-corrected chi connectivity index (χ2v) is 5.19. The predicted octanol–water partition coefficient (Wildman–Crippen LogP) is 1.25. The maximum atomic E-state index is 5.97. The molecule has 4 nitrogen and oxygen atoms in total. The average molecular weight is 249 g/mol. The summed E-state index contributed by atoms with van der Waals surface area (Å²) in [6, 6.07) is 6.28. The molecule has 1 aromatic rings. The molecule has 1 heterocycles. The Bertz CT molecular complexity index is 408. The summed E-state index contributed by atoms with van der Waals surface area (Å²) in [6.07, 6.45) is 0.109. The van der Waals surface area contributed by atoms with Crippen LogP contribution in [0.3, 0.4) is 0 Å². The van der Waals surface area contributed by atoms with Crippen LogP contribution in [0.15, 0.2) is 18.2 Å². The quantitative estimate of drug-likeness (QED) is 0.792. The van der Waals surface area contributed by atoms with E-state index in [0.29, 0.717) is 11.7 Å². The van der Waals surface area contributed by atoms with Gasteiger partial charge in [-0.3, -0.25) is 0 Å². The highest BCUT2D eigenvalue weighted by molar-refractivity contribution is 5.54. The van der Waals surface area contributed by atoms with Crippen molar-refractivity contribution in [2.24, 2.45) is 0 Å². The molecule has 0 bridgehead atoms. The van der Waals surface area contributed by atoms with Crippen LogP contribution < -0.4 is 15.8 Å². The average Bonchev–Trinajstić information content (AvgIpc) is 2.32. The van der Waals surface area contributed by atoms with E-state index in [4.69, 9.17) is 10.5 Å². The molecule has 0 spiro atoms. The van der Waals surface area contributed by atoms with Crippen molar-refractivity contribution in [3.63, 3.8) is 0 Å². The molecule has 2 rings (SSSR count). The Labute approximate surface area is 109 Å². The SMILES string of the molecule is Cc1ccc(OC(C)C2CN(C)CCN2)c(N)c1. The van der Waals surface area contributed by atoms with Crippen molar-refractivity contribution in [3.8, 4) is 5.75 Å². The summed E-state index contributed by atoms with van der Waals surface area (Å²) in [5, 5.41) is 3.49. The number of rotatable bonds is 3.